The molecule has 0 amide bonds. The summed E-state index contributed by atoms with van der Waals surface area (Å²) in [4.78, 5) is 13.4. The number of benzene rings is 3. The van der Waals surface area contributed by atoms with E-state index in [0.29, 0.717) is 5.95 Å². The molecular weight excluding hydrogens is 374 g/mol. The average molecular weight is 393 g/mol. The minimum absolute atomic E-state index is 0.536. The summed E-state index contributed by atoms with van der Waals surface area (Å²) in [5.41, 5.74) is 4.63. The molecule has 3 aromatic carbocycles. The largest absolute Gasteiger partial charge is 0.354 e. The topological polar surface area (TPSA) is 80.5 Å². The van der Waals surface area contributed by atoms with E-state index in [1.54, 1.807) is 11.0 Å². The lowest BCUT2D eigenvalue weighted by Crippen LogP contribution is -2.00. The van der Waals surface area contributed by atoms with Gasteiger partial charge in [0.2, 0.25) is 5.95 Å². The Labute approximate surface area is 173 Å². The molecule has 2 N–H and O–H groups in total. The van der Waals surface area contributed by atoms with Gasteiger partial charge in [-0.15, -0.1) is 0 Å². The maximum Gasteiger partial charge on any atom is 0.227 e. The molecule has 5 aromatic rings. The van der Waals surface area contributed by atoms with Crippen LogP contribution in [0.2, 0.25) is 0 Å². The number of para-hydroxylation sites is 2. The van der Waals surface area contributed by atoms with Crippen LogP contribution in [0, 0.1) is 6.92 Å². The molecule has 0 aliphatic carbocycles. The van der Waals surface area contributed by atoms with Gasteiger partial charge >= 0.3 is 0 Å². The van der Waals surface area contributed by atoms with Gasteiger partial charge in [0, 0.05) is 23.0 Å². The van der Waals surface area contributed by atoms with E-state index in [2.05, 4.69) is 25.7 Å². The average Bonchev–Trinajstić information content (AvgIpc) is 3.22. The molecule has 0 unspecified atom stereocenters. The Bertz CT molecular complexity index is 1290. The number of hydrogen-bond donors (Lipinski definition) is 2. The molecule has 7 heteroatoms. The van der Waals surface area contributed by atoms with E-state index < -0.39 is 0 Å². The highest BCUT2D eigenvalue weighted by Gasteiger charge is 2.07. The number of nitrogens with one attached hydrogen (secondary N) is 2. The van der Waals surface area contributed by atoms with Crippen LogP contribution in [0.5, 0.6) is 0 Å². The van der Waals surface area contributed by atoms with Gasteiger partial charge in [-0.3, -0.25) is 0 Å². The fourth-order valence-corrected chi connectivity index (χ4v) is 3.19. The third-order valence-electron chi connectivity index (χ3n) is 4.66. The summed E-state index contributed by atoms with van der Waals surface area (Å²) in [7, 11) is 0. The Kier molecular flexibility index (Phi) is 4.53. The number of nitrogens with zero attached hydrogens (tertiary/aromatic N) is 5. The second kappa shape index (κ2) is 7.63. The molecule has 7 nitrogen and oxygen atoms in total. The molecule has 0 aliphatic heterocycles. The summed E-state index contributed by atoms with van der Waals surface area (Å²) in [5.74, 6) is 1.27. The minimum atomic E-state index is 0.536. The molecule has 2 heterocycles. The molecule has 30 heavy (non-hydrogen) atoms. The second-order valence-electron chi connectivity index (χ2n) is 6.84. The van der Waals surface area contributed by atoms with Crippen molar-refractivity contribution in [3.63, 3.8) is 0 Å². The lowest BCUT2D eigenvalue weighted by Gasteiger charge is -2.11. The van der Waals surface area contributed by atoms with Gasteiger partial charge in [0.1, 0.15) is 12.2 Å². The third kappa shape index (κ3) is 3.68. The van der Waals surface area contributed by atoms with Crippen molar-refractivity contribution in [3.05, 3.63) is 91.1 Å². The molecule has 0 fully saturated rings. The molecule has 0 saturated carbocycles. The lowest BCUT2D eigenvalue weighted by molar-refractivity contribution is 0.863. The summed E-state index contributed by atoms with van der Waals surface area (Å²) in [6.07, 6.45) is 3.53. The SMILES string of the molecule is Cc1ncn(-c2ccc(Nc3ncc4cccc(Nc5ccccc5)c4n3)cc2)n1. The smallest absolute Gasteiger partial charge is 0.227 e. The standard InChI is InChI=1S/C23H19N7/c1-16-25-15-30(29-16)20-12-10-19(11-13-20)27-23-24-14-17-6-5-9-21(22(17)28-23)26-18-7-3-2-4-8-18/h2-15,26H,1H3,(H,24,27,28). The molecule has 0 radical (unpaired) electrons. The summed E-state index contributed by atoms with van der Waals surface area (Å²) in [5, 5.41) is 12.0. The summed E-state index contributed by atoms with van der Waals surface area (Å²) in [6, 6.07) is 23.9. The molecule has 0 aliphatic rings. The normalized spacial score (nSPS) is 10.8. The van der Waals surface area contributed by atoms with Gasteiger partial charge in [-0.1, -0.05) is 30.3 Å². The van der Waals surface area contributed by atoms with Crippen LogP contribution in [0.4, 0.5) is 23.0 Å². The molecule has 2 aromatic heterocycles. The maximum atomic E-state index is 4.74. The van der Waals surface area contributed by atoms with Crippen molar-refractivity contribution in [2.24, 2.45) is 0 Å². The number of hydrogen-bond acceptors (Lipinski definition) is 6. The van der Waals surface area contributed by atoms with Crippen molar-refractivity contribution in [1.29, 1.82) is 0 Å². The first-order chi connectivity index (χ1) is 14.7. The molecular formula is C23H19N7. The first-order valence-corrected chi connectivity index (χ1v) is 9.58. The summed E-state index contributed by atoms with van der Waals surface area (Å²) < 4.78 is 1.74. The molecule has 0 atom stereocenters. The van der Waals surface area contributed by atoms with Gasteiger partial charge in [0.05, 0.1) is 16.9 Å². The van der Waals surface area contributed by atoms with E-state index >= 15 is 0 Å². The van der Waals surface area contributed by atoms with Crippen LogP contribution in [-0.2, 0) is 0 Å². The lowest BCUT2D eigenvalue weighted by atomic mass is 10.2. The van der Waals surface area contributed by atoms with E-state index in [9.17, 15) is 0 Å². The Hall–Kier alpha value is -4.26. The Morgan fingerprint density at radius 3 is 2.33 bits per heavy atom. The molecule has 5 rings (SSSR count). The number of aryl methyl sites for hydroxylation is 1. The zero-order valence-electron chi connectivity index (χ0n) is 16.3. The number of rotatable bonds is 5. The van der Waals surface area contributed by atoms with Crippen LogP contribution in [0.15, 0.2) is 85.3 Å². The van der Waals surface area contributed by atoms with Gasteiger partial charge in [-0.05, 0) is 49.4 Å². The van der Waals surface area contributed by atoms with Crippen LogP contribution in [-0.4, -0.2) is 24.7 Å². The predicted molar refractivity (Wildman–Crippen MR) is 119 cm³/mol. The highest BCUT2D eigenvalue weighted by Crippen LogP contribution is 2.26. The highest BCUT2D eigenvalue weighted by atomic mass is 15.3. The van der Waals surface area contributed by atoms with Crippen molar-refractivity contribution in [1.82, 2.24) is 24.7 Å². The van der Waals surface area contributed by atoms with Gasteiger partial charge in [0.15, 0.2) is 0 Å². The first kappa shape index (κ1) is 17.8. The van der Waals surface area contributed by atoms with Gasteiger partial charge < -0.3 is 10.6 Å². The minimum Gasteiger partial charge on any atom is -0.354 e. The Morgan fingerprint density at radius 2 is 1.57 bits per heavy atom. The van der Waals surface area contributed by atoms with E-state index in [1.807, 2.05) is 85.9 Å². The van der Waals surface area contributed by atoms with Gasteiger partial charge in [-0.2, -0.15) is 5.10 Å². The Morgan fingerprint density at radius 1 is 0.767 bits per heavy atom. The second-order valence-corrected chi connectivity index (χ2v) is 6.84. The van der Waals surface area contributed by atoms with Crippen molar-refractivity contribution < 1.29 is 0 Å². The summed E-state index contributed by atoms with van der Waals surface area (Å²) in [6.45, 7) is 1.87. The summed E-state index contributed by atoms with van der Waals surface area (Å²) >= 11 is 0. The van der Waals surface area contributed by atoms with E-state index in [0.717, 1.165) is 39.5 Å². The van der Waals surface area contributed by atoms with E-state index in [-0.39, 0.29) is 0 Å². The van der Waals surface area contributed by atoms with Crippen LogP contribution >= 0.6 is 0 Å². The predicted octanol–water partition coefficient (Wildman–Crippen LogP) is 5.01. The zero-order chi connectivity index (χ0) is 20.3. The first-order valence-electron chi connectivity index (χ1n) is 9.58. The van der Waals surface area contributed by atoms with Gasteiger partial charge in [-0.25, -0.2) is 19.6 Å². The van der Waals surface area contributed by atoms with Crippen molar-refractivity contribution in [2.75, 3.05) is 10.6 Å². The monoisotopic (exact) mass is 393 g/mol. The van der Waals surface area contributed by atoms with E-state index in [1.165, 1.54) is 0 Å². The Balaban J connectivity index is 1.41. The molecule has 0 spiro atoms. The van der Waals surface area contributed by atoms with Crippen LogP contribution in [0.25, 0.3) is 16.6 Å². The highest BCUT2D eigenvalue weighted by molar-refractivity contribution is 5.92. The number of aromatic nitrogens is 5. The fourth-order valence-electron chi connectivity index (χ4n) is 3.19. The number of fused-ring (bicyclic) bond motifs is 1. The van der Waals surface area contributed by atoms with Crippen LogP contribution < -0.4 is 10.6 Å². The third-order valence-corrected chi connectivity index (χ3v) is 4.66. The zero-order valence-corrected chi connectivity index (χ0v) is 16.3. The molecule has 0 bridgehead atoms. The van der Waals surface area contributed by atoms with Crippen molar-refractivity contribution >= 4 is 33.9 Å². The van der Waals surface area contributed by atoms with Crippen molar-refractivity contribution in [2.45, 2.75) is 6.92 Å². The fraction of sp³-hybridized carbons (Fsp3) is 0.0435. The maximum absolute atomic E-state index is 4.74. The van der Waals surface area contributed by atoms with Crippen LogP contribution in [0.1, 0.15) is 5.82 Å². The molecule has 0 saturated heterocycles. The van der Waals surface area contributed by atoms with Crippen molar-refractivity contribution in [3.8, 4) is 5.69 Å². The van der Waals surface area contributed by atoms with Gasteiger partial charge in [0.25, 0.3) is 0 Å². The van der Waals surface area contributed by atoms with Crippen LogP contribution in [0.3, 0.4) is 0 Å². The number of anilines is 4. The van der Waals surface area contributed by atoms with E-state index in [4.69, 9.17) is 4.98 Å². The quantitative estimate of drug-likeness (QED) is 0.437. The molecule has 146 valence electrons.